The summed E-state index contributed by atoms with van der Waals surface area (Å²) in [4.78, 5) is 14.4. The summed E-state index contributed by atoms with van der Waals surface area (Å²) in [5.41, 5.74) is 2.67. The van der Waals surface area contributed by atoms with Crippen LogP contribution in [0.1, 0.15) is 46.6 Å². The normalized spacial score (nSPS) is 14.0. The number of carbonyl (C=O) groups is 1. The van der Waals surface area contributed by atoms with Gasteiger partial charge in [0.2, 0.25) is 0 Å². The van der Waals surface area contributed by atoms with E-state index in [1.165, 1.54) is 18.9 Å². The highest BCUT2D eigenvalue weighted by molar-refractivity contribution is 5.92. The first kappa shape index (κ1) is 15.7. The van der Waals surface area contributed by atoms with E-state index in [0.717, 1.165) is 23.6 Å². The second-order valence-corrected chi connectivity index (χ2v) is 6.48. The second kappa shape index (κ2) is 6.52. The molecule has 1 N–H and O–H groups in total. The third-order valence-electron chi connectivity index (χ3n) is 4.30. The fraction of sp³-hybridized carbons (Fsp3) is 0.444. The molecular formula is C18H22FN3O. The van der Waals surface area contributed by atoms with Gasteiger partial charge in [0.05, 0.1) is 5.69 Å². The summed E-state index contributed by atoms with van der Waals surface area (Å²) in [5.74, 6) is 0.345. The maximum Gasteiger partial charge on any atom is 0.272 e. The number of aromatic amines is 1. The molecule has 0 aliphatic heterocycles. The first-order valence-corrected chi connectivity index (χ1v) is 8.09. The first-order valence-electron chi connectivity index (χ1n) is 8.09. The molecule has 0 bridgehead atoms. The van der Waals surface area contributed by atoms with Gasteiger partial charge in [0.1, 0.15) is 11.5 Å². The molecule has 1 fully saturated rings. The van der Waals surface area contributed by atoms with Crippen LogP contribution in [0, 0.1) is 25.6 Å². The van der Waals surface area contributed by atoms with E-state index in [9.17, 15) is 9.18 Å². The molecule has 122 valence electrons. The number of rotatable bonds is 6. The molecule has 1 aliphatic carbocycles. The number of amides is 1. The van der Waals surface area contributed by atoms with Gasteiger partial charge in [0.15, 0.2) is 0 Å². The average molecular weight is 315 g/mol. The van der Waals surface area contributed by atoms with Crippen LogP contribution in [0.5, 0.6) is 0 Å². The predicted octanol–water partition coefficient (Wildman–Crippen LogP) is 3.61. The molecule has 1 aromatic carbocycles. The van der Waals surface area contributed by atoms with Crippen LogP contribution in [-0.2, 0) is 6.54 Å². The standard InChI is InChI=1S/C18H22FN3O/c1-12-3-6-15(16(19)9-12)11-22(8-7-14-4-5-14)18(23)17-10-13(2)20-21-17/h3,6,9-10,14H,4-5,7-8,11H2,1-2H3,(H,20,21). The minimum atomic E-state index is -0.255. The van der Waals surface area contributed by atoms with Crippen molar-refractivity contribution < 1.29 is 9.18 Å². The van der Waals surface area contributed by atoms with Crippen LogP contribution in [0.3, 0.4) is 0 Å². The molecule has 3 rings (SSSR count). The Morgan fingerprint density at radius 1 is 1.35 bits per heavy atom. The fourth-order valence-corrected chi connectivity index (χ4v) is 2.69. The zero-order chi connectivity index (χ0) is 16.4. The third-order valence-corrected chi connectivity index (χ3v) is 4.30. The Morgan fingerprint density at radius 3 is 2.74 bits per heavy atom. The maximum absolute atomic E-state index is 14.1. The number of hydrogen-bond acceptors (Lipinski definition) is 2. The Balaban J connectivity index is 1.77. The van der Waals surface area contributed by atoms with Crippen LogP contribution >= 0.6 is 0 Å². The molecule has 0 unspecified atom stereocenters. The molecule has 4 nitrogen and oxygen atoms in total. The highest BCUT2D eigenvalue weighted by Gasteiger charge is 2.25. The topological polar surface area (TPSA) is 49.0 Å². The van der Waals surface area contributed by atoms with E-state index in [-0.39, 0.29) is 18.3 Å². The van der Waals surface area contributed by atoms with Crippen molar-refractivity contribution in [1.82, 2.24) is 15.1 Å². The molecule has 2 aromatic rings. The molecule has 0 saturated heterocycles. The molecule has 1 aliphatic rings. The van der Waals surface area contributed by atoms with Gasteiger partial charge < -0.3 is 4.90 Å². The summed E-state index contributed by atoms with van der Waals surface area (Å²) >= 11 is 0. The van der Waals surface area contributed by atoms with Gasteiger partial charge in [-0.3, -0.25) is 9.89 Å². The molecule has 1 amide bonds. The smallest absolute Gasteiger partial charge is 0.272 e. The largest absolute Gasteiger partial charge is 0.333 e. The van der Waals surface area contributed by atoms with Gasteiger partial charge in [-0.1, -0.05) is 25.0 Å². The summed E-state index contributed by atoms with van der Waals surface area (Å²) in [6, 6.07) is 6.89. The van der Waals surface area contributed by atoms with Crippen LogP contribution < -0.4 is 0 Å². The van der Waals surface area contributed by atoms with Crippen molar-refractivity contribution >= 4 is 5.91 Å². The Kier molecular flexibility index (Phi) is 4.46. The Bertz CT molecular complexity index is 706. The molecule has 1 saturated carbocycles. The zero-order valence-corrected chi connectivity index (χ0v) is 13.6. The lowest BCUT2D eigenvalue weighted by Gasteiger charge is -2.22. The van der Waals surface area contributed by atoms with Crippen molar-refractivity contribution in [3.05, 3.63) is 52.6 Å². The Labute approximate surface area is 135 Å². The quantitative estimate of drug-likeness (QED) is 0.885. The molecule has 23 heavy (non-hydrogen) atoms. The average Bonchev–Trinajstić information content (AvgIpc) is 3.24. The van der Waals surface area contributed by atoms with E-state index >= 15 is 0 Å². The van der Waals surface area contributed by atoms with Gasteiger partial charge in [-0.2, -0.15) is 5.10 Å². The summed E-state index contributed by atoms with van der Waals surface area (Å²) in [5, 5.41) is 6.78. The summed E-state index contributed by atoms with van der Waals surface area (Å²) < 4.78 is 14.1. The zero-order valence-electron chi connectivity index (χ0n) is 13.6. The minimum absolute atomic E-state index is 0.119. The van der Waals surface area contributed by atoms with Gasteiger partial charge in [-0.15, -0.1) is 0 Å². The predicted molar refractivity (Wildman–Crippen MR) is 86.5 cm³/mol. The number of hydrogen-bond donors (Lipinski definition) is 1. The molecule has 1 aromatic heterocycles. The van der Waals surface area contributed by atoms with Crippen LogP contribution in [0.15, 0.2) is 24.3 Å². The van der Waals surface area contributed by atoms with Crippen molar-refractivity contribution in [1.29, 1.82) is 0 Å². The van der Waals surface area contributed by atoms with Crippen LogP contribution in [-0.4, -0.2) is 27.5 Å². The first-order chi connectivity index (χ1) is 11.0. The molecule has 5 heteroatoms. The molecule has 0 radical (unpaired) electrons. The lowest BCUT2D eigenvalue weighted by atomic mass is 10.1. The van der Waals surface area contributed by atoms with Gasteiger partial charge in [-0.25, -0.2) is 4.39 Å². The van der Waals surface area contributed by atoms with Crippen molar-refractivity contribution in [3.63, 3.8) is 0 Å². The van der Waals surface area contributed by atoms with E-state index in [2.05, 4.69) is 10.2 Å². The minimum Gasteiger partial charge on any atom is -0.333 e. The van der Waals surface area contributed by atoms with Crippen LogP contribution in [0.25, 0.3) is 0 Å². The van der Waals surface area contributed by atoms with Gasteiger partial charge in [0, 0.05) is 18.7 Å². The summed E-state index contributed by atoms with van der Waals surface area (Å²) in [6.07, 6.45) is 3.46. The van der Waals surface area contributed by atoms with E-state index < -0.39 is 0 Å². The third kappa shape index (κ3) is 3.97. The number of carbonyl (C=O) groups excluding carboxylic acids is 1. The number of nitrogens with zero attached hydrogens (tertiary/aromatic N) is 2. The molecule has 0 atom stereocenters. The van der Waals surface area contributed by atoms with E-state index in [1.54, 1.807) is 17.0 Å². The number of benzene rings is 1. The number of halogens is 1. The van der Waals surface area contributed by atoms with Gasteiger partial charge in [-0.05, 0) is 43.9 Å². The lowest BCUT2D eigenvalue weighted by Crippen LogP contribution is -2.32. The Hall–Kier alpha value is -2.17. The number of nitrogens with one attached hydrogen (secondary N) is 1. The van der Waals surface area contributed by atoms with Crippen molar-refractivity contribution in [2.24, 2.45) is 5.92 Å². The van der Waals surface area contributed by atoms with Crippen molar-refractivity contribution in [2.75, 3.05) is 6.54 Å². The SMILES string of the molecule is Cc1ccc(CN(CCC2CC2)C(=O)c2cc(C)n[nH]2)c(F)c1. The molecule has 0 spiro atoms. The number of aryl methyl sites for hydroxylation is 2. The van der Waals surface area contributed by atoms with Crippen molar-refractivity contribution in [3.8, 4) is 0 Å². The summed E-state index contributed by atoms with van der Waals surface area (Å²) in [6.45, 7) is 4.63. The van der Waals surface area contributed by atoms with Crippen LogP contribution in [0.2, 0.25) is 0 Å². The monoisotopic (exact) mass is 315 g/mol. The van der Waals surface area contributed by atoms with Gasteiger partial charge >= 0.3 is 0 Å². The van der Waals surface area contributed by atoms with Crippen LogP contribution in [0.4, 0.5) is 4.39 Å². The lowest BCUT2D eigenvalue weighted by molar-refractivity contribution is 0.0731. The molecule has 1 heterocycles. The van der Waals surface area contributed by atoms with E-state index in [0.29, 0.717) is 17.8 Å². The summed E-state index contributed by atoms with van der Waals surface area (Å²) in [7, 11) is 0. The van der Waals surface area contributed by atoms with Gasteiger partial charge in [0.25, 0.3) is 5.91 Å². The highest BCUT2D eigenvalue weighted by atomic mass is 19.1. The highest BCUT2D eigenvalue weighted by Crippen LogP contribution is 2.32. The molecular weight excluding hydrogens is 293 g/mol. The van der Waals surface area contributed by atoms with E-state index in [1.807, 2.05) is 19.9 Å². The number of H-pyrrole nitrogens is 1. The fourth-order valence-electron chi connectivity index (χ4n) is 2.69. The Morgan fingerprint density at radius 2 is 2.13 bits per heavy atom. The maximum atomic E-state index is 14.1. The number of aromatic nitrogens is 2. The van der Waals surface area contributed by atoms with Crippen molar-refractivity contribution in [2.45, 2.75) is 39.7 Å². The second-order valence-electron chi connectivity index (χ2n) is 6.48. The van der Waals surface area contributed by atoms with E-state index in [4.69, 9.17) is 0 Å².